The van der Waals surface area contributed by atoms with Crippen molar-refractivity contribution in [3.63, 3.8) is 0 Å². The number of aliphatic imine (C=N–C) groups is 1. The van der Waals surface area contributed by atoms with Crippen molar-refractivity contribution in [3.05, 3.63) is 35.9 Å². The third-order valence-electron chi connectivity index (χ3n) is 4.13. The Morgan fingerprint density at radius 2 is 1.83 bits per heavy atom. The maximum Gasteiger partial charge on any atom is 0.191 e. The lowest BCUT2D eigenvalue weighted by Gasteiger charge is -2.33. The standard InChI is InChI=1S/C17H30N4O.HI/c1-17(2,21(4)5)13-20-16(18-3)19-11-15(12-22)14-9-7-6-8-10-14;/h6-10,15,22H,11-13H2,1-5H3,(H2,18,19,20);1H. The molecule has 6 heteroatoms. The van der Waals surface area contributed by atoms with Gasteiger partial charge in [-0.05, 0) is 33.5 Å². The average Bonchev–Trinajstić information content (AvgIpc) is 2.51. The second-order valence-corrected chi connectivity index (χ2v) is 6.30. The van der Waals surface area contributed by atoms with Crippen molar-refractivity contribution in [2.24, 2.45) is 4.99 Å². The van der Waals surface area contributed by atoms with E-state index >= 15 is 0 Å². The van der Waals surface area contributed by atoms with Crippen LogP contribution in [0.5, 0.6) is 0 Å². The van der Waals surface area contributed by atoms with Crippen molar-refractivity contribution >= 4 is 29.9 Å². The molecule has 23 heavy (non-hydrogen) atoms. The molecule has 0 amide bonds. The van der Waals surface area contributed by atoms with Gasteiger partial charge in [-0.2, -0.15) is 0 Å². The Bertz CT molecular complexity index is 463. The third-order valence-corrected chi connectivity index (χ3v) is 4.13. The van der Waals surface area contributed by atoms with Gasteiger partial charge in [0.2, 0.25) is 0 Å². The molecule has 3 N–H and O–H groups in total. The monoisotopic (exact) mass is 434 g/mol. The highest BCUT2D eigenvalue weighted by molar-refractivity contribution is 14.0. The van der Waals surface area contributed by atoms with Gasteiger partial charge in [0.1, 0.15) is 0 Å². The molecule has 0 saturated heterocycles. The molecule has 0 aliphatic heterocycles. The van der Waals surface area contributed by atoms with Crippen molar-refractivity contribution in [1.82, 2.24) is 15.5 Å². The van der Waals surface area contributed by atoms with Gasteiger partial charge in [-0.15, -0.1) is 24.0 Å². The predicted octanol–water partition coefficient (Wildman–Crippen LogP) is 1.89. The second-order valence-electron chi connectivity index (χ2n) is 6.30. The second kappa shape index (κ2) is 10.8. The smallest absolute Gasteiger partial charge is 0.191 e. The molecule has 0 aliphatic carbocycles. The van der Waals surface area contributed by atoms with Crippen LogP contribution in [0.2, 0.25) is 0 Å². The van der Waals surface area contributed by atoms with Crippen molar-refractivity contribution in [1.29, 1.82) is 0 Å². The van der Waals surface area contributed by atoms with E-state index in [-0.39, 0.29) is 42.0 Å². The van der Waals surface area contributed by atoms with E-state index in [1.165, 1.54) is 0 Å². The van der Waals surface area contributed by atoms with Gasteiger partial charge in [0, 0.05) is 31.6 Å². The molecule has 1 aromatic carbocycles. The number of guanidine groups is 1. The largest absolute Gasteiger partial charge is 0.396 e. The molecule has 0 radical (unpaired) electrons. The molecule has 0 heterocycles. The number of aliphatic hydroxyl groups is 1. The van der Waals surface area contributed by atoms with Crippen LogP contribution in [0.3, 0.4) is 0 Å². The van der Waals surface area contributed by atoms with Crippen molar-refractivity contribution in [2.75, 3.05) is 40.8 Å². The lowest BCUT2D eigenvalue weighted by molar-refractivity contribution is 0.197. The molecule has 1 aromatic rings. The Labute approximate surface area is 157 Å². The first kappa shape index (κ1) is 22.1. The Balaban J connectivity index is 0.00000484. The number of likely N-dealkylation sites (N-methyl/N-ethyl adjacent to an activating group) is 1. The SMILES string of the molecule is CN=C(NCC(CO)c1ccccc1)NCC(C)(C)N(C)C.I. The van der Waals surface area contributed by atoms with Crippen LogP contribution in [-0.2, 0) is 0 Å². The number of hydrogen-bond acceptors (Lipinski definition) is 3. The molecule has 1 atom stereocenters. The number of nitrogens with zero attached hydrogens (tertiary/aromatic N) is 2. The van der Waals surface area contributed by atoms with E-state index < -0.39 is 0 Å². The van der Waals surface area contributed by atoms with E-state index in [9.17, 15) is 5.11 Å². The van der Waals surface area contributed by atoms with Crippen molar-refractivity contribution in [2.45, 2.75) is 25.3 Å². The summed E-state index contributed by atoms with van der Waals surface area (Å²) in [6.45, 7) is 5.89. The van der Waals surface area contributed by atoms with Gasteiger partial charge >= 0.3 is 0 Å². The van der Waals surface area contributed by atoms with Crippen LogP contribution in [-0.4, -0.2) is 62.3 Å². The molecule has 0 aliphatic rings. The zero-order chi connectivity index (χ0) is 16.6. The number of benzene rings is 1. The lowest BCUT2D eigenvalue weighted by Crippen LogP contribution is -2.51. The predicted molar refractivity (Wildman–Crippen MR) is 109 cm³/mol. The number of hydrogen-bond donors (Lipinski definition) is 3. The summed E-state index contributed by atoms with van der Waals surface area (Å²) in [5.74, 6) is 0.811. The Hall–Kier alpha value is -0.860. The van der Waals surface area contributed by atoms with E-state index in [0.717, 1.165) is 18.1 Å². The first-order valence-electron chi connectivity index (χ1n) is 7.68. The van der Waals surface area contributed by atoms with Crippen LogP contribution in [0.1, 0.15) is 25.3 Å². The molecule has 1 rings (SSSR count). The van der Waals surface area contributed by atoms with E-state index in [2.05, 4.69) is 48.5 Å². The highest BCUT2D eigenvalue weighted by Gasteiger charge is 2.20. The van der Waals surface area contributed by atoms with Crippen molar-refractivity contribution in [3.8, 4) is 0 Å². The highest BCUT2D eigenvalue weighted by atomic mass is 127. The van der Waals surface area contributed by atoms with E-state index in [1.807, 2.05) is 30.3 Å². The van der Waals surface area contributed by atoms with Gasteiger partial charge < -0.3 is 20.6 Å². The maximum absolute atomic E-state index is 9.59. The summed E-state index contributed by atoms with van der Waals surface area (Å²) in [5, 5.41) is 16.2. The quantitative estimate of drug-likeness (QED) is 0.349. The zero-order valence-electron chi connectivity index (χ0n) is 14.8. The summed E-state index contributed by atoms with van der Waals surface area (Å²) in [4.78, 5) is 6.42. The average molecular weight is 434 g/mol. The summed E-state index contributed by atoms with van der Waals surface area (Å²) < 4.78 is 0. The topological polar surface area (TPSA) is 59.9 Å². The molecule has 5 nitrogen and oxygen atoms in total. The van der Waals surface area contributed by atoms with E-state index in [0.29, 0.717) is 6.54 Å². The van der Waals surface area contributed by atoms with E-state index in [4.69, 9.17) is 0 Å². The fourth-order valence-electron chi connectivity index (χ4n) is 1.91. The molecule has 0 bridgehead atoms. The number of halogens is 1. The van der Waals surface area contributed by atoms with Gasteiger partial charge in [0.25, 0.3) is 0 Å². The van der Waals surface area contributed by atoms with Gasteiger partial charge in [0.05, 0.1) is 6.61 Å². The normalized spacial score (nSPS) is 13.4. The summed E-state index contributed by atoms with van der Waals surface area (Å²) >= 11 is 0. The van der Waals surface area contributed by atoms with Crippen LogP contribution in [0.4, 0.5) is 0 Å². The third kappa shape index (κ3) is 7.50. The van der Waals surface area contributed by atoms with Crippen molar-refractivity contribution < 1.29 is 5.11 Å². The Morgan fingerprint density at radius 1 is 1.22 bits per heavy atom. The van der Waals surface area contributed by atoms with Gasteiger partial charge in [-0.1, -0.05) is 30.3 Å². The fourth-order valence-corrected chi connectivity index (χ4v) is 1.91. The fraction of sp³-hybridized carbons (Fsp3) is 0.588. The highest BCUT2D eigenvalue weighted by Crippen LogP contribution is 2.13. The first-order valence-corrected chi connectivity index (χ1v) is 7.68. The van der Waals surface area contributed by atoms with Crippen LogP contribution in [0.15, 0.2) is 35.3 Å². The summed E-state index contributed by atoms with van der Waals surface area (Å²) in [5.41, 5.74) is 1.16. The molecule has 1 unspecified atom stereocenters. The zero-order valence-corrected chi connectivity index (χ0v) is 17.2. The number of aliphatic hydroxyl groups excluding tert-OH is 1. The summed E-state index contributed by atoms with van der Waals surface area (Å²) in [6.07, 6.45) is 0. The molecular weight excluding hydrogens is 403 g/mol. The summed E-state index contributed by atoms with van der Waals surface area (Å²) in [7, 11) is 5.89. The Kier molecular flexibility index (Phi) is 10.4. The molecule has 0 aromatic heterocycles. The maximum atomic E-state index is 9.59. The molecule has 0 spiro atoms. The lowest BCUT2D eigenvalue weighted by atomic mass is 10.0. The molecule has 0 saturated carbocycles. The Morgan fingerprint density at radius 3 is 2.30 bits per heavy atom. The van der Waals surface area contributed by atoms with Crippen LogP contribution < -0.4 is 10.6 Å². The first-order chi connectivity index (χ1) is 10.4. The van der Waals surface area contributed by atoms with Gasteiger partial charge in [-0.3, -0.25) is 4.99 Å². The van der Waals surface area contributed by atoms with Crippen LogP contribution in [0.25, 0.3) is 0 Å². The summed E-state index contributed by atoms with van der Waals surface area (Å²) in [6, 6.07) is 10.0. The van der Waals surface area contributed by atoms with Crippen LogP contribution >= 0.6 is 24.0 Å². The number of nitrogens with one attached hydrogen (secondary N) is 2. The number of rotatable bonds is 7. The van der Waals surface area contributed by atoms with E-state index in [1.54, 1.807) is 7.05 Å². The molecular formula is C17H31IN4O. The minimum atomic E-state index is 0. The minimum absolute atomic E-state index is 0. The van der Waals surface area contributed by atoms with Gasteiger partial charge in [0.15, 0.2) is 5.96 Å². The molecule has 132 valence electrons. The molecule has 0 fully saturated rings. The van der Waals surface area contributed by atoms with Gasteiger partial charge in [-0.25, -0.2) is 0 Å². The minimum Gasteiger partial charge on any atom is -0.396 e. The van der Waals surface area contributed by atoms with Crippen LogP contribution in [0, 0.1) is 0 Å².